The van der Waals surface area contributed by atoms with Crippen LogP contribution in [0.4, 0.5) is 18.9 Å². The van der Waals surface area contributed by atoms with E-state index in [-0.39, 0.29) is 16.9 Å². The number of hydrogen-bond acceptors (Lipinski definition) is 3. The molecule has 1 N–H and O–H groups in total. The van der Waals surface area contributed by atoms with E-state index in [4.69, 9.17) is 0 Å². The van der Waals surface area contributed by atoms with Crippen molar-refractivity contribution in [1.29, 1.82) is 0 Å². The Balaban J connectivity index is 2.60. The average molecular weight is 271 g/mol. The Kier molecular flexibility index (Phi) is 3.05. The summed E-state index contributed by atoms with van der Waals surface area (Å²) in [6.07, 6.45) is -4.72. The second-order valence-electron chi connectivity index (χ2n) is 3.86. The van der Waals surface area contributed by atoms with Crippen LogP contribution in [0.5, 0.6) is 0 Å². The van der Waals surface area contributed by atoms with Crippen molar-refractivity contribution in [3.8, 4) is 0 Å². The molecule has 7 heteroatoms. The predicted octanol–water partition coefficient (Wildman–Crippen LogP) is 2.77. The summed E-state index contributed by atoms with van der Waals surface area (Å²) in [6.45, 7) is 1.28. The number of hydrogen-bond donors (Lipinski definition) is 1. The highest BCUT2D eigenvalue weighted by atomic mass is 19.4. The molecule has 0 bridgehead atoms. The molecule has 0 saturated carbocycles. The molecule has 0 aliphatic rings. The predicted molar refractivity (Wildman–Crippen MR) is 61.8 cm³/mol. The standard InChI is InChI=1S/C12H8F3NO3/c1-6(17)16-7-2-3-10-8(4-7)9(18)5-11(19-10)12(13,14)15/h2-5H,1H3,(H,16,17). The third kappa shape index (κ3) is 2.75. The van der Waals surface area contributed by atoms with E-state index >= 15 is 0 Å². The molecular formula is C12H8F3NO3. The SMILES string of the molecule is CC(=O)Nc1ccc2oc(C(F)(F)F)cc(=O)c2c1. The second-order valence-corrected chi connectivity index (χ2v) is 3.86. The van der Waals surface area contributed by atoms with Crippen LogP contribution in [0.3, 0.4) is 0 Å². The number of nitrogens with one attached hydrogen (secondary N) is 1. The third-order valence-electron chi connectivity index (χ3n) is 2.33. The third-order valence-corrected chi connectivity index (χ3v) is 2.33. The highest BCUT2D eigenvalue weighted by Crippen LogP contribution is 2.30. The van der Waals surface area contributed by atoms with E-state index in [1.54, 1.807) is 0 Å². The molecule has 1 aromatic heterocycles. The van der Waals surface area contributed by atoms with Gasteiger partial charge in [-0.2, -0.15) is 13.2 Å². The van der Waals surface area contributed by atoms with Gasteiger partial charge < -0.3 is 9.73 Å². The lowest BCUT2D eigenvalue weighted by Crippen LogP contribution is -2.11. The summed E-state index contributed by atoms with van der Waals surface area (Å²) in [4.78, 5) is 22.5. The molecule has 2 rings (SSSR count). The lowest BCUT2D eigenvalue weighted by atomic mass is 10.2. The number of anilines is 1. The fourth-order valence-corrected chi connectivity index (χ4v) is 1.58. The van der Waals surface area contributed by atoms with Crippen molar-refractivity contribution >= 4 is 22.6 Å². The highest BCUT2D eigenvalue weighted by Gasteiger charge is 2.34. The molecule has 1 amide bonds. The number of carbonyl (C=O) groups is 1. The van der Waals surface area contributed by atoms with Crippen molar-refractivity contribution in [3.05, 3.63) is 40.2 Å². The van der Waals surface area contributed by atoms with Crippen molar-refractivity contribution < 1.29 is 22.4 Å². The summed E-state index contributed by atoms with van der Waals surface area (Å²) in [5.41, 5.74) is -0.693. The van der Waals surface area contributed by atoms with Gasteiger partial charge in [-0.15, -0.1) is 0 Å². The molecule has 100 valence electrons. The van der Waals surface area contributed by atoms with Crippen molar-refractivity contribution in [3.63, 3.8) is 0 Å². The minimum atomic E-state index is -4.72. The van der Waals surface area contributed by atoms with Gasteiger partial charge in [0, 0.05) is 18.7 Å². The molecular weight excluding hydrogens is 263 g/mol. The van der Waals surface area contributed by atoms with E-state index in [1.165, 1.54) is 25.1 Å². The van der Waals surface area contributed by atoms with Crippen LogP contribution in [0, 0.1) is 0 Å². The minimum Gasteiger partial charge on any atom is -0.451 e. The maximum atomic E-state index is 12.5. The van der Waals surface area contributed by atoms with Crippen molar-refractivity contribution in [2.45, 2.75) is 13.1 Å². The summed E-state index contributed by atoms with van der Waals surface area (Å²) < 4.78 is 42.0. The van der Waals surface area contributed by atoms with Gasteiger partial charge in [0.25, 0.3) is 0 Å². The Morgan fingerprint density at radius 1 is 1.26 bits per heavy atom. The maximum absolute atomic E-state index is 12.5. The normalized spacial score (nSPS) is 11.6. The van der Waals surface area contributed by atoms with E-state index < -0.39 is 17.4 Å². The molecule has 0 spiro atoms. The zero-order valence-electron chi connectivity index (χ0n) is 9.67. The molecule has 0 saturated heterocycles. The van der Waals surface area contributed by atoms with Crippen molar-refractivity contribution in [2.75, 3.05) is 5.32 Å². The van der Waals surface area contributed by atoms with E-state index in [2.05, 4.69) is 9.73 Å². The zero-order valence-corrected chi connectivity index (χ0v) is 9.67. The fraction of sp³-hybridized carbons (Fsp3) is 0.167. The lowest BCUT2D eigenvalue weighted by molar-refractivity contribution is -0.152. The van der Waals surface area contributed by atoms with E-state index in [0.717, 1.165) is 0 Å². The quantitative estimate of drug-likeness (QED) is 0.867. The number of rotatable bonds is 1. The van der Waals surface area contributed by atoms with Crippen LogP contribution in [0.2, 0.25) is 0 Å². The Morgan fingerprint density at radius 3 is 2.53 bits per heavy atom. The molecule has 0 fully saturated rings. The first-order valence-electron chi connectivity index (χ1n) is 5.20. The molecule has 2 aromatic rings. The van der Waals surface area contributed by atoms with Gasteiger partial charge in [0.05, 0.1) is 5.39 Å². The Morgan fingerprint density at radius 2 is 1.95 bits per heavy atom. The Bertz CT molecular complexity index is 703. The van der Waals surface area contributed by atoms with Gasteiger partial charge >= 0.3 is 6.18 Å². The van der Waals surface area contributed by atoms with Crippen LogP contribution in [-0.2, 0) is 11.0 Å². The van der Waals surface area contributed by atoms with Gasteiger partial charge in [0.1, 0.15) is 5.58 Å². The van der Waals surface area contributed by atoms with Crippen LogP contribution in [0.1, 0.15) is 12.7 Å². The highest BCUT2D eigenvalue weighted by molar-refractivity contribution is 5.91. The molecule has 0 aliphatic carbocycles. The van der Waals surface area contributed by atoms with Crippen LogP contribution in [0.15, 0.2) is 33.5 Å². The second kappa shape index (κ2) is 4.42. The first kappa shape index (κ1) is 13.1. The van der Waals surface area contributed by atoms with Gasteiger partial charge in [-0.3, -0.25) is 9.59 Å². The van der Waals surface area contributed by atoms with Gasteiger partial charge in [-0.25, -0.2) is 0 Å². The van der Waals surface area contributed by atoms with Crippen LogP contribution < -0.4 is 10.7 Å². The molecule has 0 unspecified atom stereocenters. The lowest BCUT2D eigenvalue weighted by Gasteiger charge is -2.07. The van der Waals surface area contributed by atoms with Crippen molar-refractivity contribution in [1.82, 2.24) is 0 Å². The number of amides is 1. The summed E-state index contributed by atoms with van der Waals surface area (Å²) in [5, 5.41) is 2.40. The average Bonchev–Trinajstić information content (AvgIpc) is 2.27. The van der Waals surface area contributed by atoms with Gasteiger partial charge in [-0.1, -0.05) is 0 Å². The molecule has 4 nitrogen and oxygen atoms in total. The van der Waals surface area contributed by atoms with Gasteiger partial charge in [0.15, 0.2) is 5.43 Å². The molecule has 0 aliphatic heterocycles. The van der Waals surface area contributed by atoms with E-state index in [0.29, 0.717) is 11.8 Å². The first-order chi connectivity index (χ1) is 8.77. The molecule has 0 radical (unpaired) electrons. The van der Waals surface area contributed by atoms with Crippen molar-refractivity contribution in [2.24, 2.45) is 0 Å². The molecule has 1 heterocycles. The first-order valence-corrected chi connectivity index (χ1v) is 5.20. The Hall–Kier alpha value is -2.31. The van der Waals surface area contributed by atoms with E-state index in [1.807, 2.05) is 0 Å². The number of alkyl halides is 3. The summed E-state index contributed by atoms with van der Waals surface area (Å²) in [5.74, 6) is -1.70. The summed E-state index contributed by atoms with van der Waals surface area (Å²) in [7, 11) is 0. The smallest absolute Gasteiger partial charge is 0.449 e. The Labute approximate surface area is 104 Å². The maximum Gasteiger partial charge on any atom is 0.449 e. The van der Waals surface area contributed by atoms with Crippen LogP contribution in [-0.4, -0.2) is 5.91 Å². The molecule has 0 atom stereocenters. The van der Waals surface area contributed by atoms with Crippen LogP contribution >= 0.6 is 0 Å². The molecule has 1 aromatic carbocycles. The largest absolute Gasteiger partial charge is 0.451 e. The van der Waals surface area contributed by atoms with Gasteiger partial charge in [0.2, 0.25) is 11.7 Å². The number of carbonyl (C=O) groups excluding carboxylic acids is 1. The monoisotopic (exact) mass is 271 g/mol. The fourth-order valence-electron chi connectivity index (χ4n) is 1.58. The van der Waals surface area contributed by atoms with Gasteiger partial charge in [-0.05, 0) is 18.2 Å². The van der Waals surface area contributed by atoms with Crippen LogP contribution in [0.25, 0.3) is 11.0 Å². The summed E-state index contributed by atoms with van der Waals surface area (Å²) >= 11 is 0. The summed E-state index contributed by atoms with van der Waals surface area (Å²) in [6, 6.07) is 4.21. The minimum absolute atomic E-state index is 0.0285. The topological polar surface area (TPSA) is 59.3 Å². The van der Waals surface area contributed by atoms with E-state index in [9.17, 15) is 22.8 Å². The zero-order chi connectivity index (χ0) is 14.2. The molecule has 19 heavy (non-hydrogen) atoms. The number of fused-ring (bicyclic) bond motifs is 1. The number of halogens is 3. The number of benzene rings is 1.